The van der Waals surface area contributed by atoms with Crippen LogP contribution >= 0.6 is 0 Å². The number of rotatable bonds is 6. The van der Waals surface area contributed by atoms with E-state index in [1.165, 1.54) is 30.7 Å². The summed E-state index contributed by atoms with van der Waals surface area (Å²) in [5.74, 6) is 0.460. The van der Waals surface area contributed by atoms with Crippen molar-refractivity contribution in [2.45, 2.75) is 4.90 Å². The van der Waals surface area contributed by atoms with E-state index in [0.717, 1.165) is 0 Å². The first kappa shape index (κ1) is 20.1. The number of morpholine rings is 1. The highest BCUT2D eigenvalue weighted by molar-refractivity contribution is 7.89. The van der Waals surface area contributed by atoms with Crippen LogP contribution in [0.15, 0.2) is 47.4 Å². The summed E-state index contributed by atoms with van der Waals surface area (Å²) in [5.41, 5.74) is 0.646. The second-order valence-electron chi connectivity index (χ2n) is 6.06. The van der Waals surface area contributed by atoms with E-state index < -0.39 is 15.9 Å². The van der Waals surface area contributed by atoms with Gasteiger partial charge in [0, 0.05) is 18.8 Å². The number of hydrogen-bond donors (Lipinski definition) is 1. The molecule has 2 aromatic rings. The topological polar surface area (TPSA) is 94.2 Å². The standard InChI is InChI=1S/C19H22N2O6S/c1-25-15-6-7-18(26-2)17(13-15)19(22)20-14-4-3-5-16(12-14)28(23,24)21-8-10-27-11-9-21/h3-7,12-13H,8-11H2,1-2H3,(H,20,22). The summed E-state index contributed by atoms with van der Waals surface area (Å²) in [6, 6.07) is 11.0. The van der Waals surface area contributed by atoms with Gasteiger partial charge in [-0.2, -0.15) is 4.31 Å². The highest BCUT2D eigenvalue weighted by Gasteiger charge is 2.26. The molecule has 0 aliphatic carbocycles. The van der Waals surface area contributed by atoms with Gasteiger partial charge in [0.1, 0.15) is 11.5 Å². The van der Waals surface area contributed by atoms with E-state index in [1.807, 2.05) is 0 Å². The zero-order chi connectivity index (χ0) is 20.1. The molecule has 1 amide bonds. The van der Waals surface area contributed by atoms with Gasteiger partial charge in [0.25, 0.3) is 5.91 Å². The maximum Gasteiger partial charge on any atom is 0.259 e. The van der Waals surface area contributed by atoms with Crippen LogP contribution < -0.4 is 14.8 Å². The molecule has 1 aliphatic rings. The second-order valence-corrected chi connectivity index (χ2v) is 8.00. The Morgan fingerprint density at radius 3 is 2.50 bits per heavy atom. The predicted octanol–water partition coefficient (Wildman–Crippen LogP) is 1.98. The van der Waals surface area contributed by atoms with Gasteiger partial charge in [-0.25, -0.2) is 8.42 Å². The van der Waals surface area contributed by atoms with Crippen LogP contribution in [0.1, 0.15) is 10.4 Å². The summed E-state index contributed by atoms with van der Waals surface area (Å²) < 4.78 is 42.6. The molecule has 0 unspecified atom stereocenters. The van der Waals surface area contributed by atoms with Crippen LogP contribution in [0.4, 0.5) is 5.69 Å². The minimum atomic E-state index is -3.65. The fraction of sp³-hybridized carbons (Fsp3) is 0.316. The monoisotopic (exact) mass is 406 g/mol. The van der Waals surface area contributed by atoms with Gasteiger partial charge in [0.05, 0.1) is 37.9 Å². The molecule has 0 atom stereocenters. The maximum atomic E-state index is 12.8. The Hall–Kier alpha value is -2.62. The maximum absolute atomic E-state index is 12.8. The van der Waals surface area contributed by atoms with Crippen LogP contribution in [-0.4, -0.2) is 59.2 Å². The van der Waals surface area contributed by atoms with Crippen molar-refractivity contribution in [2.75, 3.05) is 45.8 Å². The normalized spacial score (nSPS) is 15.1. The zero-order valence-corrected chi connectivity index (χ0v) is 16.5. The van der Waals surface area contributed by atoms with E-state index in [-0.39, 0.29) is 10.5 Å². The lowest BCUT2D eigenvalue weighted by Crippen LogP contribution is -2.40. The minimum Gasteiger partial charge on any atom is -0.497 e. The van der Waals surface area contributed by atoms with Crippen molar-refractivity contribution >= 4 is 21.6 Å². The van der Waals surface area contributed by atoms with Gasteiger partial charge in [0.2, 0.25) is 10.0 Å². The highest BCUT2D eigenvalue weighted by atomic mass is 32.2. The number of nitrogens with one attached hydrogen (secondary N) is 1. The molecule has 1 heterocycles. The van der Waals surface area contributed by atoms with E-state index in [1.54, 1.807) is 30.3 Å². The average Bonchev–Trinajstić information content (AvgIpc) is 2.74. The van der Waals surface area contributed by atoms with Crippen molar-refractivity contribution in [1.29, 1.82) is 0 Å². The van der Waals surface area contributed by atoms with Gasteiger partial charge in [0.15, 0.2) is 0 Å². The van der Waals surface area contributed by atoms with Crippen LogP contribution in [-0.2, 0) is 14.8 Å². The van der Waals surface area contributed by atoms with Gasteiger partial charge in [-0.15, -0.1) is 0 Å². The van der Waals surface area contributed by atoms with Gasteiger partial charge in [-0.05, 0) is 36.4 Å². The van der Waals surface area contributed by atoms with Crippen LogP contribution in [0.5, 0.6) is 11.5 Å². The lowest BCUT2D eigenvalue weighted by Gasteiger charge is -2.26. The number of sulfonamides is 1. The molecule has 0 saturated carbocycles. The van der Waals surface area contributed by atoms with Crippen molar-refractivity contribution in [2.24, 2.45) is 0 Å². The average molecular weight is 406 g/mol. The molecule has 0 radical (unpaired) electrons. The molecule has 2 aromatic carbocycles. The van der Waals surface area contributed by atoms with E-state index in [0.29, 0.717) is 43.5 Å². The Bertz CT molecular complexity index is 955. The number of amides is 1. The molecular formula is C19H22N2O6S. The number of hydrogen-bond acceptors (Lipinski definition) is 6. The summed E-state index contributed by atoms with van der Waals surface area (Å²) >= 11 is 0. The number of ether oxygens (including phenoxy) is 3. The first-order chi connectivity index (χ1) is 13.5. The molecule has 0 spiro atoms. The number of carbonyl (C=O) groups is 1. The predicted molar refractivity (Wildman–Crippen MR) is 104 cm³/mol. The number of nitrogens with zero attached hydrogens (tertiary/aromatic N) is 1. The molecule has 28 heavy (non-hydrogen) atoms. The van der Waals surface area contributed by atoms with Crippen LogP contribution in [0.2, 0.25) is 0 Å². The molecule has 3 rings (SSSR count). The van der Waals surface area contributed by atoms with Gasteiger partial charge in [-0.3, -0.25) is 4.79 Å². The number of anilines is 1. The summed E-state index contributed by atoms with van der Waals surface area (Å²) in [5, 5.41) is 2.72. The summed E-state index contributed by atoms with van der Waals surface area (Å²) in [4.78, 5) is 12.8. The van der Waals surface area contributed by atoms with E-state index >= 15 is 0 Å². The third kappa shape index (κ3) is 4.27. The third-order valence-electron chi connectivity index (χ3n) is 4.35. The molecule has 0 aromatic heterocycles. The van der Waals surface area contributed by atoms with Gasteiger partial charge < -0.3 is 19.5 Å². The Morgan fingerprint density at radius 1 is 1.07 bits per heavy atom. The summed E-state index contributed by atoms with van der Waals surface area (Å²) in [6.07, 6.45) is 0. The number of carbonyl (C=O) groups excluding carboxylic acids is 1. The van der Waals surface area contributed by atoms with E-state index in [9.17, 15) is 13.2 Å². The molecule has 1 aliphatic heterocycles. The molecule has 8 nitrogen and oxygen atoms in total. The van der Waals surface area contributed by atoms with Crippen molar-refractivity contribution in [3.8, 4) is 11.5 Å². The third-order valence-corrected chi connectivity index (χ3v) is 6.25. The first-order valence-electron chi connectivity index (χ1n) is 8.67. The second kappa shape index (κ2) is 8.59. The number of benzene rings is 2. The Labute approximate surface area is 164 Å². The zero-order valence-electron chi connectivity index (χ0n) is 15.7. The molecule has 1 saturated heterocycles. The van der Waals surface area contributed by atoms with E-state index in [2.05, 4.69) is 5.32 Å². The SMILES string of the molecule is COc1ccc(OC)c(C(=O)Nc2cccc(S(=O)(=O)N3CCOCC3)c2)c1. The molecule has 150 valence electrons. The largest absolute Gasteiger partial charge is 0.497 e. The van der Waals surface area contributed by atoms with Gasteiger partial charge >= 0.3 is 0 Å². The molecular weight excluding hydrogens is 384 g/mol. The van der Waals surface area contributed by atoms with Crippen LogP contribution in [0.3, 0.4) is 0 Å². The van der Waals surface area contributed by atoms with Crippen molar-refractivity contribution < 1.29 is 27.4 Å². The molecule has 9 heteroatoms. The molecule has 0 bridgehead atoms. The highest BCUT2D eigenvalue weighted by Crippen LogP contribution is 2.26. The fourth-order valence-corrected chi connectivity index (χ4v) is 4.31. The smallest absolute Gasteiger partial charge is 0.259 e. The van der Waals surface area contributed by atoms with Crippen molar-refractivity contribution in [3.05, 3.63) is 48.0 Å². The fourth-order valence-electron chi connectivity index (χ4n) is 2.86. The Balaban J connectivity index is 1.84. The lowest BCUT2D eigenvalue weighted by atomic mass is 10.1. The minimum absolute atomic E-state index is 0.116. The quantitative estimate of drug-likeness (QED) is 0.788. The van der Waals surface area contributed by atoms with E-state index in [4.69, 9.17) is 14.2 Å². The van der Waals surface area contributed by atoms with Gasteiger partial charge in [-0.1, -0.05) is 6.07 Å². The lowest BCUT2D eigenvalue weighted by molar-refractivity contribution is 0.0730. The Morgan fingerprint density at radius 2 is 1.82 bits per heavy atom. The summed E-state index contributed by atoms with van der Waals surface area (Å²) in [7, 11) is -0.681. The van der Waals surface area contributed by atoms with Crippen LogP contribution in [0.25, 0.3) is 0 Å². The summed E-state index contributed by atoms with van der Waals surface area (Å²) in [6.45, 7) is 1.34. The van der Waals surface area contributed by atoms with Crippen molar-refractivity contribution in [3.63, 3.8) is 0 Å². The molecule has 1 fully saturated rings. The van der Waals surface area contributed by atoms with Crippen molar-refractivity contribution in [1.82, 2.24) is 4.31 Å². The van der Waals surface area contributed by atoms with Crippen LogP contribution in [0, 0.1) is 0 Å². The molecule has 1 N–H and O–H groups in total. The number of methoxy groups -OCH3 is 2. The Kier molecular flexibility index (Phi) is 6.18. The first-order valence-corrected chi connectivity index (χ1v) is 10.1.